The van der Waals surface area contributed by atoms with Gasteiger partial charge in [0.25, 0.3) is 0 Å². The van der Waals surface area contributed by atoms with Gasteiger partial charge in [-0.05, 0) is 38.8 Å². The van der Waals surface area contributed by atoms with Crippen LogP contribution in [-0.2, 0) is 0 Å². The molecule has 0 spiro atoms. The lowest BCUT2D eigenvalue weighted by Crippen LogP contribution is -2.34. The predicted octanol–water partition coefficient (Wildman–Crippen LogP) is 1.76. The molecule has 13 heavy (non-hydrogen) atoms. The highest BCUT2D eigenvalue weighted by molar-refractivity contribution is 14.1. The van der Waals surface area contributed by atoms with Crippen LogP contribution in [0.3, 0.4) is 0 Å². The van der Waals surface area contributed by atoms with Crippen molar-refractivity contribution in [3.8, 4) is 0 Å². The third-order valence-corrected chi connectivity index (χ3v) is 4.09. The number of likely N-dealkylation sites (N-methyl/N-ethyl adjacent to an activating group) is 1. The number of alkyl halides is 1. The van der Waals surface area contributed by atoms with Crippen LogP contribution >= 0.6 is 22.6 Å². The topological polar surface area (TPSA) is 23.5 Å². The summed E-state index contributed by atoms with van der Waals surface area (Å²) in [5, 5.41) is 9.98. The van der Waals surface area contributed by atoms with Gasteiger partial charge in [-0.25, -0.2) is 0 Å². The Morgan fingerprint density at radius 1 is 1.46 bits per heavy atom. The standard InChI is InChI=1S/C10H20INO/c1-12(2)7-10(13)9-5-3-4-8(9)6-11/h8-10,13H,3-7H2,1-2H3. The van der Waals surface area contributed by atoms with Gasteiger partial charge in [-0.2, -0.15) is 0 Å². The highest BCUT2D eigenvalue weighted by Gasteiger charge is 2.31. The second-order valence-corrected chi connectivity index (χ2v) is 5.22. The van der Waals surface area contributed by atoms with Crippen LogP contribution in [0.2, 0.25) is 0 Å². The number of halogens is 1. The zero-order valence-corrected chi connectivity index (χ0v) is 10.7. The molecule has 1 rings (SSSR count). The van der Waals surface area contributed by atoms with Gasteiger partial charge in [0.15, 0.2) is 0 Å². The Bertz CT molecular complexity index is 152. The minimum Gasteiger partial charge on any atom is -0.391 e. The van der Waals surface area contributed by atoms with Crippen LogP contribution in [-0.4, -0.2) is 41.2 Å². The number of aliphatic hydroxyl groups excluding tert-OH is 1. The number of aliphatic hydroxyl groups is 1. The molecule has 0 saturated heterocycles. The fourth-order valence-electron chi connectivity index (χ4n) is 2.27. The lowest BCUT2D eigenvalue weighted by molar-refractivity contribution is 0.0664. The summed E-state index contributed by atoms with van der Waals surface area (Å²) in [7, 11) is 4.05. The van der Waals surface area contributed by atoms with Crippen LogP contribution in [0.25, 0.3) is 0 Å². The Morgan fingerprint density at radius 3 is 2.69 bits per heavy atom. The second-order valence-electron chi connectivity index (χ2n) is 4.34. The fourth-order valence-corrected chi connectivity index (χ4v) is 3.37. The van der Waals surface area contributed by atoms with E-state index in [9.17, 15) is 5.11 Å². The average molecular weight is 297 g/mol. The first kappa shape index (κ1) is 11.7. The number of rotatable bonds is 4. The van der Waals surface area contributed by atoms with E-state index in [1.165, 1.54) is 23.7 Å². The van der Waals surface area contributed by atoms with Crippen molar-refractivity contribution in [1.82, 2.24) is 4.90 Å². The van der Waals surface area contributed by atoms with Crippen molar-refractivity contribution in [3.05, 3.63) is 0 Å². The third-order valence-electron chi connectivity index (χ3n) is 2.96. The smallest absolute Gasteiger partial charge is 0.0697 e. The summed E-state index contributed by atoms with van der Waals surface area (Å²) in [6, 6.07) is 0. The summed E-state index contributed by atoms with van der Waals surface area (Å²) in [5.41, 5.74) is 0. The Morgan fingerprint density at radius 2 is 2.15 bits per heavy atom. The third kappa shape index (κ3) is 3.36. The lowest BCUT2D eigenvalue weighted by atomic mass is 9.92. The Labute approximate surface area is 94.8 Å². The molecule has 1 fully saturated rings. The second kappa shape index (κ2) is 5.51. The van der Waals surface area contributed by atoms with Crippen LogP contribution < -0.4 is 0 Å². The maximum atomic E-state index is 9.98. The van der Waals surface area contributed by atoms with Gasteiger partial charge in [-0.15, -0.1) is 0 Å². The molecule has 3 atom stereocenters. The minimum absolute atomic E-state index is 0.114. The average Bonchev–Trinajstić information content (AvgIpc) is 2.49. The molecular formula is C10H20INO. The molecule has 1 aliphatic carbocycles. The van der Waals surface area contributed by atoms with E-state index in [1.54, 1.807) is 0 Å². The quantitative estimate of drug-likeness (QED) is 0.631. The first-order valence-electron chi connectivity index (χ1n) is 5.04. The van der Waals surface area contributed by atoms with Gasteiger partial charge >= 0.3 is 0 Å². The van der Waals surface area contributed by atoms with E-state index in [2.05, 4.69) is 27.5 Å². The van der Waals surface area contributed by atoms with Gasteiger partial charge in [0, 0.05) is 11.0 Å². The summed E-state index contributed by atoms with van der Waals surface area (Å²) in [4.78, 5) is 2.08. The van der Waals surface area contributed by atoms with Crippen molar-refractivity contribution in [2.24, 2.45) is 11.8 Å². The molecular weight excluding hydrogens is 277 g/mol. The molecule has 0 bridgehead atoms. The van der Waals surface area contributed by atoms with Crippen LogP contribution in [0.15, 0.2) is 0 Å². The summed E-state index contributed by atoms with van der Waals surface area (Å²) in [6.45, 7) is 0.817. The minimum atomic E-state index is -0.114. The van der Waals surface area contributed by atoms with Crippen LogP contribution in [0.5, 0.6) is 0 Å². The summed E-state index contributed by atoms with van der Waals surface area (Å²) in [6.07, 6.45) is 3.74. The molecule has 0 aromatic rings. The van der Waals surface area contributed by atoms with E-state index in [4.69, 9.17) is 0 Å². The van der Waals surface area contributed by atoms with E-state index in [0.29, 0.717) is 5.92 Å². The van der Waals surface area contributed by atoms with Gasteiger partial charge in [0.05, 0.1) is 6.10 Å². The van der Waals surface area contributed by atoms with Crippen molar-refractivity contribution >= 4 is 22.6 Å². The summed E-state index contributed by atoms with van der Waals surface area (Å²) in [5.74, 6) is 1.31. The highest BCUT2D eigenvalue weighted by Crippen LogP contribution is 2.35. The van der Waals surface area contributed by atoms with Crippen molar-refractivity contribution in [3.63, 3.8) is 0 Å². The molecule has 3 heteroatoms. The lowest BCUT2D eigenvalue weighted by Gasteiger charge is -2.25. The molecule has 0 amide bonds. The van der Waals surface area contributed by atoms with E-state index in [0.717, 1.165) is 12.5 Å². The molecule has 1 saturated carbocycles. The van der Waals surface area contributed by atoms with E-state index in [-0.39, 0.29) is 6.10 Å². The first-order chi connectivity index (χ1) is 6.15. The molecule has 0 aliphatic heterocycles. The summed E-state index contributed by atoms with van der Waals surface area (Å²) >= 11 is 2.45. The Kier molecular flexibility index (Phi) is 4.97. The van der Waals surface area contributed by atoms with Gasteiger partial charge in [0.2, 0.25) is 0 Å². The largest absolute Gasteiger partial charge is 0.391 e. The maximum Gasteiger partial charge on any atom is 0.0697 e. The van der Waals surface area contributed by atoms with Crippen LogP contribution in [0.1, 0.15) is 19.3 Å². The van der Waals surface area contributed by atoms with Crippen molar-refractivity contribution in [2.45, 2.75) is 25.4 Å². The van der Waals surface area contributed by atoms with Gasteiger partial charge in [-0.1, -0.05) is 29.0 Å². The highest BCUT2D eigenvalue weighted by atomic mass is 127. The van der Waals surface area contributed by atoms with E-state index in [1.807, 2.05) is 14.1 Å². The molecule has 2 nitrogen and oxygen atoms in total. The molecule has 0 aromatic carbocycles. The van der Waals surface area contributed by atoms with E-state index >= 15 is 0 Å². The van der Waals surface area contributed by atoms with Crippen molar-refractivity contribution < 1.29 is 5.11 Å². The molecule has 0 radical (unpaired) electrons. The number of nitrogens with zero attached hydrogens (tertiary/aromatic N) is 1. The molecule has 1 aliphatic rings. The zero-order chi connectivity index (χ0) is 9.84. The molecule has 3 unspecified atom stereocenters. The molecule has 1 N–H and O–H groups in total. The normalized spacial score (nSPS) is 31.2. The maximum absolute atomic E-state index is 9.98. The predicted molar refractivity (Wildman–Crippen MR) is 64.3 cm³/mol. The van der Waals surface area contributed by atoms with Crippen LogP contribution in [0, 0.1) is 11.8 Å². The number of hydrogen-bond acceptors (Lipinski definition) is 2. The summed E-state index contributed by atoms with van der Waals surface area (Å²) < 4.78 is 1.20. The van der Waals surface area contributed by atoms with Crippen molar-refractivity contribution in [1.29, 1.82) is 0 Å². The molecule has 0 heterocycles. The van der Waals surface area contributed by atoms with Gasteiger partial charge in [0.1, 0.15) is 0 Å². The SMILES string of the molecule is CN(C)CC(O)C1CCCC1CI. The van der Waals surface area contributed by atoms with Crippen molar-refractivity contribution in [2.75, 3.05) is 25.1 Å². The van der Waals surface area contributed by atoms with Gasteiger partial charge < -0.3 is 10.0 Å². The Balaban J connectivity index is 2.40. The Hall–Kier alpha value is 0.650. The monoisotopic (exact) mass is 297 g/mol. The number of hydrogen-bond donors (Lipinski definition) is 1. The first-order valence-corrected chi connectivity index (χ1v) is 6.56. The molecule has 0 aromatic heterocycles. The zero-order valence-electron chi connectivity index (χ0n) is 8.54. The van der Waals surface area contributed by atoms with E-state index < -0.39 is 0 Å². The fraction of sp³-hybridized carbons (Fsp3) is 1.00. The molecule has 78 valence electrons. The van der Waals surface area contributed by atoms with Crippen LogP contribution in [0.4, 0.5) is 0 Å². The van der Waals surface area contributed by atoms with Gasteiger partial charge in [-0.3, -0.25) is 0 Å².